The number of nitrogens with one attached hydrogen (secondary N) is 3. The molecule has 0 aliphatic carbocycles. The Balaban J connectivity index is 1.78. The van der Waals surface area contributed by atoms with Crippen LogP contribution in [0.25, 0.3) is 0 Å². The van der Waals surface area contributed by atoms with E-state index in [2.05, 4.69) is 16.0 Å². The van der Waals surface area contributed by atoms with Crippen molar-refractivity contribution in [3.05, 3.63) is 102 Å². The summed E-state index contributed by atoms with van der Waals surface area (Å²) >= 11 is 0. The van der Waals surface area contributed by atoms with Gasteiger partial charge in [-0.2, -0.15) is 0 Å². The number of carboxylic acids is 1. The Bertz CT molecular complexity index is 1420. The van der Waals surface area contributed by atoms with Crippen LogP contribution in [0.2, 0.25) is 0 Å². The Morgan fingerprint density at radius 2 is 1.07 bits per heavy atom. The summed E-state index contributed by atoms with van der Waals surface area (Å²) in [5, 5.41) is 27.0. The Hall–Kier alpha value is -5.23. The third-order valence-electron chi connectivity index (χ3n) is 6.85. The highest BCUT2D eigenvalue weighted by molar-refractivity contribution is 5.94. The number of phenols is 1. The first kappa shape index (κ1) is 33.3. The van der Waals surface area contributed by atoms with E-state index in [0.717, 1.165) is 5.56 Å². The van der Waals surface area contributed by atoms with Crippen LogP contribution >= 0.6 is 0 Å². The Morgan fingerprint density at radius 1 is 0.614 bits per heavy atom. The number of carbonyl (C=O) groups excluding carboxylic acids is 4. The standard InChI is InChI=1S/C32H37N5O7/c33-24(17-20-7-3-1-4-8-20)29(40)35-25(15-16-28(34)39)30(41)36-26(18-21-9-5-2-6-10-21)31(42)37-27(32(43)44)19-22-11-13-23(38)14-12-22/h1-14,24-27,38H,15-19,33H2,(H2,34,39)(H,35,40)(H,36,41)(H,37,42)(H,43,44). The Morgan fingerprint density at radius 3 is 1.61 bits per heavy atom. The van der Waals surface area contributed by atoms with Gasteiger partial charge in [-0.3, -0.25) is 19.2 Å². The molecular formula is C32H37N5O7. The largest absolute Gasteiger partial charge is 0.508 e. The van der Waals surface area contributed by atoms with Gasteiger partial charge in [0.05, 0.1) is 6.04 Å². The van der Waals surface area contributed by atoms with Crippen LogP contribution in [-0.4, -0.2) is 64.0 Å². The van der Waals surface area contributed by atoms with E-state index in [0.29, 0.717) is 11.1 Å². The number of primary amides is 1. The predicted octanol–water partition coefficient (Wildman–Crippen LogP) is 0.552. The summed E-state index contributed by atoms with van der Waals surface area (Å²) in [6.07, 6.45) is -0.246. The molecule has 0 saturated heterocycles. The van der Waals surface area contributed by atoms with Crippen molar-refractivity contribution >= 4 is 29.6 Å². The van der Waals surface area contributed by atoms with Gasteiger partial charge >= 0.3 is 5.97 Å². The van der Waals surface area contributed by atoms with E-state index in [9.17, 15) is 34.2 Å². The van der Waals surface area contributed by atoms with Crippen molar-refractivity contribution in [2.24, 2.45) is 11.5 Å². The van der Waals surface area contributed by atoms with Gasteiger partial charge in [0.2, 0.25) is 23.6 Å². The maximum Gasteiger partial charge on any atom is 0.326 e. The molecule has 0 spiro atoms. The van der Waals surface area contributed by atoms with E-state index in [1.807, 2.05) is 18.2 Å². The fraction of sp³-hybridized carbons (Fsp3) is 0.281. The molecule has 0 fully saturated rings. The van der Waals surface area contributed by atoms with Crippen LogP contribution in [0.5, 0.6) is 5.75 Å². The molecule has 232 valence electrons. The second-order valence-electron chi connectivity index (χ2n) is 10.4. The SMILES string of the molecule is NC(=O)CCC(NC(=O)C(N)Cc1ccccc1)C(=O)NC(Cc1ccccc1)C(=O)NC(Cc1ccc(O)cc1)C(=O)O. The molecule has 9 N–H and O–H groups in total. The third-order valence-corrected chi connectivity index (χ3v) is 6.85. The van der Waals surface area contributed by atoms with Crippen LogP contribution in [0.4, 0.5) is 0 Å². The average molecular weight is 604 g/mol. The highest BCUT2D eigenvalue weighted by Gasteiger charge is 2.31. The molecular weight excluding hydrogens is 566 g/mol. The number of carbonyl (C=O) groups is 5. The highest BCUT2D eigenvalue weighted by Crippen LogP contribution is 2.12. The van der Waals surface area contributed by atoms with Gasteiger partial charge in [-0.25, -0.2) is 4.79 Å². The van der Waals surface area contributed by atoms with Crippen LogP contribution in [0, 0.1) is 0 Å². The Kier molecular flexibility index (Phi) is 12.4. The zero-order chi connectivity index (χ0) is 32.1. The lowest BCUT2D eigenvalue weighted by Gasteiger charge is -2.25. The summed E-state index contributed by atoms with van der Waals surface area (Å²) in [7, 11) is 0. The molecule has 0 saturated carbocycles. The van der Waals surface area contributed by atoms with Crippen molar-refractivity contribution in [2.75, 3.05) is 0 Å². The molecule has 0 aromatic heterocycles. The number of benzene rings is 3. The molecule has 12 nitrogen and oxygen atoms in total. The molecule has 0 aliphatic rings. The molecule has 0 aliphatic heterocycles. The average Bonchev–Trinajstić information content (AvgIpc) is 3.00. The van der Waals surface area contributed by atoms with Crippen molar-refractivity contribution in [1.29, 1.82) is 0 Å². The first-order chi connectivity index (χ1) is 21.0. The molecule has 3 aromatic carbocycles. The maximum absolute atomic E-state index is 13.5. The Labute approximate surface area is 254 Å². The number of aliphatic carboxylic acids is 1. The minimum absolute atomic E-state index is 0.00791. The van der Waals surface area contributed by atoms with E-state index in [-0.39, 0.29) is 37.9 Å². The normalized spacial score (nSPS) is 13.5. The fourth-order valence-corrected chi connectivity index (χ4v) is 4.47. The predicted molar refractivity (Wildman–Crippen MR) is 162 cm³/mol. The molecule has 3 aromatic rings. The highest BCUT2D eigenvalue weighted by atomic mass is 16.4. The molecule has 4 amide bonds. The van der Waals surface area contributed by atoms with Gasteiger partial charge in [0, 0.05) is 19.3 Å². The second-order valence-corrected chi connectivity index (χ2v) is 10.4. The van der Waals surface area contributed by atoms with Gasteiger partial charge in [-0.05, 0) is 41.7 Å². The van der Waals surface area contributed by atoms with Gasteiger partial charge in [0.1, 0.15) is 23.9 Å². The smallest absolute Gasteiger partial charge is 0.326 e. The molecule has 4 atom stereocenters. The lowest BCUT2D eigenvalue weighted by molar-refractivity contribution is -0.142. The van der Waals surface area contributed by atoms with Crippen molar-refractivity contribution in [3.63, 3.8) is 0 Å². The number of hydrogen-bond acceptors (Lipinski definition) is 7. The molecule has 44 heavy (non-hydrogen) atoms. The zero-order valence-electron chi connectivity index (χ0n) is 24.0. The van der Waals surface area contributed by atoms with Gasteiger partial charge in [0.25, 0.3) is 0 Å². The second kappa shape index (κ2) is 16.4. The fourth-order valence-electron chi connectivity index (χ4n) is 4.47. The van der Waals surface area contributed by atoms with Crippen LogP contribution in [-0.2, 0) is 43.2 Å². The molecule has 4 unspecified atom stereocenters. The van der Waals surface area contributed by atoms with E-state index < -0.39 is 53.8 Å². The lowest BCUT2D eigenvalue weighted by atomic mass is 10.0. The molecule has 0 radical (unpaired) electrons. The maximum atomic E-state index is 13.5. The summed E-state index contributed by atoms with van der Waals surface area (Å²) in [6.45, 7) is 0. The van der Waals surface area contributed by atoms with Crippen LogP contribution in [0.15, 0.2) is 84.9 Å². The number of amides is 4. The molecule has 12 heteroatoms. The number of hydrogen-bond donors (Lipinski definition) is 7. The monoisotopic (exact) mass is 603 g/mol. The topological polar surface area (TPSA) is 214 Å². The molecule has 0 heterocycles. The molecule has 0 bridgehead atoms. The number of phenolic OH excluding ortho intramolecular Hbond substituents is 1. The first-order valence-electron chi connectivity index (χ1n) is 14.1. The van der Waals surface area contributed by atoms with Crippen molar-refractivity contribution < 1.29 is 34.2 Å². The summed E-state index contributed by atoms with van der Waals surface area (Å²) in [5.74, 6) is -4.16. The van der Waals surface area contributed by atoms with Gasteiger partial charge in [-0.15, -0.1) is 0 Å². The van der Waals surface area contributed by atoms with Crippen molar-refractivity contribution in [1.82, 2.24) is 16.0 Å². The third kappa shape index (κ3) is 10.9. The minimum Gasteiger partial charge on any atom is -0.508 e. The quantitative estimate of drug-likeness (QED) is 0.122. The van der Waals surface area contributed by atoms with Gasteiger partial charge in [-0.1, -0.05) is 72.8 Å². The number of nitrogens with two attached hydrogens (primary N) is 2. The van der Waals surface area contributed by atoms with E-state index >= 15 is 0 Å². The number of rotatable bonds is 16. The summed E-state index contributed by atoms with van der Waals surface area (Å²) in [5.41, 5.74) is 13.4. The van der Waals surface area contributed by atoms with Crippen molar-refractivity contribution in [2.45, 2.75) is 56.3 Å². The van der Waals surface area contributed by atoms with Gasteiger partial charge in [0.15, 0.2) is 0 Å². The van der Waals surface area contributed by atoms with Crippen LogP contribution in [0.1, 0.15) is 29.5 Å². The first-order valence-corrected chi connectivity index (χ1v) is 14.1. The van der Waals surface area contributed by atoms with E-state index in [4.69, 9.17) is 11.5 Å². The van der Waals surface area contributed by atoms with E-state index in [1.54, 1.807) is 42.5 Å². The molecule has 3 rings (SSSR count). The summed E-state index contributed by atoms with van der Waals surface area (Å²) in [6, 6.07) is 18.9. The lowest BCUT2D eigenvalue weighted by Crippen LogP contribution is -2.58. The summed E-state index contributed by atoms with van der Waals surface area (Å²) in [4.78, 5) is 63.4. The number of carboxylic acid groups (broad SMARTS) is 1. The van der Waals surface area contributed by atoms with Gasteiger partial charge < -0.3 is 37.6 Å². The number of aromatic hydroxyl groups is 1. The zero-order valence-corrected chi connectivity index (χ0v) is 24.0. The minimum atomic E-state index is -1.34. The summed E-state index contributed by atoms with van der Waals surface area (Å²) < 4.78 is 0. The van der Waals surface area contributed by atoms with Crippen LogP contribution < -0.4 is 27.4 Å². The van der Waals surface area contributed by atoms with E-state index in [1.165, 1.54) is 24.3 Å². The van der Waals surface area contributed by atoms with Crippen molar-refractivity contribution in [3.8, 4) is 5.75 Å². The van der Waals surface area contributed by atoms with Crippen LogP contribution in [0.3, 0.4) is 0 Å².